The van der Waals surface area contributed by atoms with Gasteiger partial charge in [0.2, 0.25) is 0 Å². The topological polar surface area (TPSA) is 80.7 Å². The van der Waals surface area contributed by atoms with Crippen molar-refractivity contribution in [3.05, 3.63) is 30.3 Å². The molecule has 0 bridgehead atoms. The van der Waals surface area contributed by atoms with Crippen LogP contribution in [-0.4, -0.2) is 24.9 Å². The number of sulfone groups is 1. The molecule has 102 valence electrons. The van der Waals surface area contributed by atoms with Crippen LogP contribution in [0, 0.1) is 0 Å². The van der Waals surface area contributed by atoms with Crippen LogP contribution in [0.1, 0.15) is 20.3 Å². The second-order valence-corrected chi connectivity index (χ2v) is 8.24. The minimum atomic E-state index is -4.14. The highest BCUT2D eigenvalue weighted by atomic mass is 32.2. The maximum atomic E-state index is 11.9. The zero-order valence-corrected chi connectivity index (χ0v) is 12.0. The lowest BCUT2D eigenvalue weighted by atomic mass is 10.3. The van der Waals surface area contributed by atoms with Gasteiger partial charge in [-0.05, 0) is 25.5 Å². The molecule has 2 unspecified atom stereocenters. The van der Waals surface area contributed by atoms with Gasteiger partial charge in [0, 0.05) is 0 Å². The third-order valence-electron chi connectivity index (χ3n) is 2.35. The van der Waals surface area contributed by atoms with Crippen LogP contribution in [0.4, 0.5) is 0 Å². The molecule has 0 heterocycles. The maximum Gasteiger partial charge on any atom is 0.343 e. The van der Waals surface area contributed by atoms with Crippen LogP contribution in [0.2, 0.25) is 0 Å². The maximum absolute atomic E-state index is 11.9. The van der Waals surface area contributed by atoms with Gasteiger partial charge in [-0.15, -0.1) is 0 Å². The first-order chi connectivity index (χ1) is 8.27. The number of benzene rings is 1. The van der Waals surface area contributed by atoms with E-state index < -0.39 is 29.0 Å². The van der Waals surface area contributed by atoms with Crippen molar-refractivity contribution < 1.29 is 22.4 Å². The molecule has 1 aromatic rings. The van der Waals surface area contributed by atoms with Crippen LogP contribution >= 0.6 is 7.60 Å². The average molecular weight is 292 g/mol. The van der Waals surface area contributed by atoms with E-state index in [0.717, 1.165) is 0 Å². The average Bonchev–Trinajstić information content (AvgIpc) is 2.28. The predicted octanol–water partition coefficient (Wildman–Crippen LogP) is 2.42. The van der Waals surface area contributed by atoms with Crippen molar-refractivity contribution in [2.75, 3.05) is 5.49 Å². The summed E-state index contributed by atoms with van der Waals surface area (Å²) < 4.78 is 40.4. The molecule has 0 fully saturated rings. The molecule has 2 atom stereocenters. The molecule has 5 nitrogen and oxygen atoms in total. The Balaban J connectivity index is 2.87. The number of hydrogen-bond acceptors (Lipinski definition) is 4. The van der Waals surface area contributed by atoms with Gasteiger partial charge in [0.25, 0.3) is 0 Å². The van der Waals surface area contributed by atoms with Gasteiger partial charge in [0.15, 0.2) is 15.3 Å². The third kappa shape index (κ3) is 4.53. The van der Waals surface area contributed by atoms with Gasteiger partial charge in [-0.25, -0.2) is 8.42 Å². The Morgan fingerprint density at radius 2 is 1.89 bits per heavy atom. The molecule has 0 amide bonds. The molecule has 0 saturated carbocycles. The zero-order valence-electron chi connectivity index (χ0n) is 10.3. The molecule has 0 aliphatic carbocycles. The number of hydrogen-bond donors (Lipinski definition) is 1. The van der Waals surface area contributed by atoms with Crippen LogP contribution in [0.5, 0.6) is 0 Å². The van der Waals surface area contributed by atoms with E-state index in [1.807, 2.05) is 0 Å². The van der Waals surface area contributed by atoms with Gasteiger partial charge in [0.1, 0.15) is 0 Å². The van der Waals surface area contributed by atoms with Gasteiger partial charge >= 0.3 is 7.60 Å². The van der Waals surface area contributed by atoms with Gasteiger partial charge in [0.05, 0.1) is 11.0 Å². The summed E-state index contributed by atoms with van der Waals surface area (Å²) in [6.45, 7) is 3.41. The van der Waals surface area contributed by atoms with Crippen LogP contribution in [0.15, 0.2) is 35.2 Å². The molecule has 18 heavy (non-hydrogen) atoms. The van der Waals surface area contributed by atoms with Crippen molar-refractivity contribution in [1.29, 1.82) is 0 Å². The monoisotopic (exact) mass is 292 g/mol. The summed E-state index contributed by atoms with van der Waals surface area (Å²) in [5, 5.41) is 0. The minimum Gasteiger partial charge on any atom is -0.324 e. The normalized spacial score (nSPS) is 17.1. The molecular formula is C11H17O5PS. The zero-order chi connectivity index (χ0) is 13.8. The largest absolute Gasteiger partial charge is 0.343 e. The Morgan fingerprint density at radius 3 is 2.39 bits per heavy atom. The summed E-state index contributed by atoms with van der Waals surface area (Å²) >= 11 is 0. The molecule has 0 spiro atoms. The molecule has 0 aromatic heterocycles. The molecule has 1 N–H and O–H groups in total. The second-order valence-electron chi connectivity index (χ2n) is 4.02. The molecule has 0 radical (unpaired) electrons. The first-order valence-corrected chi connectivity index (χ1v) is 8.96. The molecule has 1 rings (SSSR count). The highest BCUT2D eigenvalue weighted by Crippen LogP contribution is 2.46. The lowest BCUT2D eigenvalue weighted by Gasteiger charge is -2.16. The Morgan fingerprint density at radius 1 is 1.33 bits per heavy atom. The van der Waals surface area contributed by atoms with E-state index in [2.05, 4.69) is 0 Å². The Bertz CT molecular complexity index is 526. The molecule has 0 aliphatic heterocycles. The van der Waals surface area contributed by atoms with Crippen molar-refractivity contribution >= 4 is 17.4 Å². The Kier molecular flexibility index (Phi) is 5.10. The molecule has 0 aliphatic rings. The van der Waals surface area contributed by atoms with Crippen molar-refractivity contribution in [2.24, 2.45) is 0 Å². The van der Waals surface area contributed by atoms with E-state index in [0.29, 0.717) is 6.42 Å². The van der Waals surface area contributed by atoms with Gasteiger partial charge in [-0.1, -0.05) is 25.1 Å². The molecule has 1 aromatic carbocycles. The predicted molar refractivity (Wildman–Crippen MR) is 69.2 cm³/mol. The van der Waals surface area contributed by atoms with Crippen molar-refractivity contribution in [1.82, 2.24) is 0 Å². The lowest BCUT2D eigenvalue weighted by molar-refractivity contribution is 0.188. The summed E-state index contributed by atoms with van der Waals surface area (Å²) in [7, 11) is -7.95. The van der Waals surface area contributed by atoms with Crippen LogP contribution in [-0.2, 0) is 18.9 Å². The van der Waals surface area contributed by atoms with E-state index in [9.17, 15) is 17.9 Å². The van der Waals surface area contributed by atoms with E-state index in [1.165, 1.54) is 12.1 Å². The van der Waals surface area contributed by atoms with E-state index in [-0.39, 0.29) is 4.90 Å². The fourth-order valence-corrected chi connectivity index (χ4v) is 5.14. The van der Waals surface area contributed by atoms with Gasteiger partial charge in [-0.2, -0.15) is 0 Å². The van der Waals surface area contributed by atoms with Crippen LogP contribution in [0.25, 0.3) is 0 Å². The SMILES string of the molecule is CCC(C)OP(=O)(O)CS(=O)(=O)c1ccccc1. The van der Waals surface area contributed by atoms with Crippen molar-refractivity contribution in [3.63, 3.8) is 0 Å². The third-order valence-corrected chi connectivity index (χ3v) is 6.70. The lowest BCUT2D eigenvalue weighted by Crippen LogP contribution is -2.12. The summed E-state index contributed by atoms with van der Waals surface area (Å²) in [5.41, 5.74) is -0.894. The first kappa shape index (κ1) is 15.4. The van der Waals surface area contributed by atoms with Gasteiger partial charge < -0.3 is 9.42 Å². The standard InChI is InChI=1S/C11H17O5PS/c1-3-10(2)16-17(12,13)9-18(14,15)11-7-5-4-6-8-11/h4-8,10H,3,9H2,1-2H3,(H,12,13). The molecule has 7 heteroatoms. The number of rotatable bonds is 6. The van der Waals surface area contributed by atoms with Crippen molar-refractivity contribution in [2.45, 2.75) is 31.3 Å². The van der Waals surface area contributed by atoms with Crippen molar-refractivity contribution in [3.8, 4) is 0 Å². The second kappa shape index (κ2) is 5.97. The summed E-state index contributed by atoms with van der Waals surface area (Å²) in [6, 6.07) is 7.57. The van der Waals surface area contributed by atoms with Gasteiger partial charge in [-0.3, -0.25) is 4.57 Å². The first-order valence-electron chi connectivity index (χ1n) is 5.55. The Hall–Kier alpha value is -0.680. The Labute approximate surface area is 107 Å². The fourth-order valence-electron chi connectivity index (χ4n) is 1.30. The van der Waals surface area contributed by atoms with E-state index >= 15 is 0 Å². The summed E-state index contributed by atoms with van der Waals surface area (Å²) in [6.07, 6.45) is 0.0856. The van der Waals surface area contributed by atoms with E-state index in [4.69, 9.17) is 4.52 Å². The quantitative estimate of drug-likeness (QED) is 0.814. The minimum absolute atomic E-state index is 0.0204. The molecule has 0 saturated heterocycles. The summed E-state index contributed by atoms with van der Waals surface area (Å²) in [5.74, 6) is 0. The highest BCUT2D eigenvalue weighted by Gasteiger charge is 2.31. The highest BCUT2D eigenvalue weighted by molar-refractivity contribution is 7.97. The van der Waals surface area contributed by atoms with E-state index in [1.54, 1.807) is 32.0 Å². The molecular weight excluding hydrogens is 275 g/mol. The van der Waals surface area contributed by atoms with Crippen LogP contribution in [0.3, 0.4) is 0 Å². The summed E-state index contributed by atoms with van der Waals surface area (Å²) in [4.78, 5) is 9.59. The van der Waals surface area contributed by atoms with Crippen LogP contribution < -0.4 is 0 Å². The smallest absolute Gasteiger partial charge is 0.324 e. The fraction of sp³-hybridized carbons (Fsp3) is 0.455.